The van der Waals surface area contributed by atoms with Crippen LogP contribution in [0.3, 0.4) is 0 Å². The van der Waals surface area contributed by atoms with Gasteiger partial charge in [-0.2, -0.15) is 8.78 Å². The van der Waals surface area contributed by atoms with Crippen LogP contribution < -0.4 is 31.9 Å². The van der Waals surface area contributed by atoms with Gasteiger partial charge in [0.15, 0.2) is 0 Å². The number of carbonyl (C=O) groups is 9. The van der Waals surface area contributed by atoms with Gasteiger partial charge < -0.3 is 41.3 Å². The van der Waals surface area contributed by atoms with Crippen LogP contribution in [-0.2, 0) is 63.2 Å². The highest BCUT2D eigenvalue weighted by Crippen LogP contribution is 2.59. The summed E-state index contributed by atoms with van der Waals surface area (Å²) in [6.45, 7) is 0.969. The van der Waals surface area contributed by atoms with E-state index in [4.69, 9.17) is 5.73 Å². The van der Waals surface area contributed by atoms with Crippen LogP contribution in [0.1, 0.15) is 118 Å². The number of benzene rings is 5. The van der Waals surface area contributed by atoms with Crippen LogP contribution in [0.15, 0.2) is 103 Å². The maximum absolute atomic E-state index is 14.7. The first-order chi connectivity index (χ1) is 39.7. The molecule has 0 bridgehead atoms. The average molecular weight is 1150 g/mol. The number of nitrogens with zero attached hydrogens (tertiary/aromatic N) is 3. The van der Waals surface area contributed by atoms with Gasteiger partial charge in [-0.05, 0) is 114 Å². The molecule has 0 aliphatic carbocycles. The third kappa shape index (κ3) is 12.0. The second-order valence-corrected chi connectivity index (χ2v) is 23.2. The third-order valence-electron chi connectivity index (χ3n) is 16.2. The van der Waals surface area contributed by atoms with E-state index in [9.17, 15) is 66.3 Å². The number of amides is 9. The third-order valence-corrected chi connectivity index (χ3v) is 17.2. The van der Waals surface area contributed by atoms with E-state index in [0.717, 1.165) is 24.1 Å². The second kappa shape index (κ2) is 23.7. The van der Waals surface area contributed by atoms with Gasteiger partial charge in [0, 0.05) is 67.6 Å². The van der Waals surface area contributed by atoms with Crippen molar-refractivity contribution in [2.24, 2.45) is 11.7 Å². The molecule has 9 amide bonds. The number of nitrogens with one attached hydrogen (secondary N) is 4. The summed E-state index contributed by atoms with van der Waals surface area (Å²) < 4.78 is 40.9. The average Bonchev–Trinajstić information content (AvgIpc) is 3.80. The summed E-state index contributed by atoms with van der Waals surface area (Å²) in [7, 11) is -5.89. The molecule has 0 spiro atoms. The van der Waals surface area contributed by atoms with E-state index in [1.807, 2.05) is 6.07 Å². The Morgan fingerprint density at radius 1 is 0.831 bits per heavy atom. The molecule has 2 saturated heterocycles. The maximum Gasteiger partial charge on any atom is 0.399 e. The van der Waals surface area contributed by atoms with E-state index in [1.54, 1.807) is 65.6 Å². The van der Waals surface area contributed by atoms with Gasteiger partial charge in [0.2, 0.25) is 41.4 Å². The number of primary amides is 1. The first-order valence-electron chi connectivity index (χ1n) is 27.4. The minimum Gasteiger partial charge on any atom is -0.370 e. The van der Waals surface area contributed by atoms with Crippen LogP contribution in [0.2, 0.25) is 0 Å². The highest BCUT2D eigenvalue weighted by molar-refractivity contribution is 7.52. The molecule has 5 aliphatic rings. The molecule has 0 aromatic heterocycles. The lowest BCUT2D eigenvalue weighted by Gasteiger charge is -2.35. The van der Waals surface area contributed by atoms with Crippen molar-refractivity contribution in [1.29, 1.82) is 0 Å². The number of para-hydroxylation sites is 1. The van der Waals surface area contributed by atoms with Crippen molar-refractivity contribution in [3.8, 4) is 11.8 Å². The molecule has 5 heterocycles. The number of hydrogen-bond donors (Lipinski definition) is 7. The summed E-state index contributed by atoms with van der Waals surface area (Å²) in [4.78, 5) is 145. The van der Waals surface area contributed by atoms with E-state index in [-0.39, 0.29) is 73.8 Å². The van der Waals surface area contributed by atoms with E-state index >= 15 is 0 Å². The molecule has 5 aromatic rings. The number of hydrogen-bond acceptors (Lipinski definition) is 10. The van der Waals surface area contributed by atoms with Crippen LogP contribution in [-0.4, -0.2) is 110 Å². The van der Waals surface area contributed by atoms with Gasteiger partial charge in [-0.25, -0.2) is 0 Å². The summed E-state index contributed by atoms with van der Waals surface area (Å²) in [5.41, 5.74) is 4.27. The lowest BCUT2D eigenvalue weighted by atomic mass is 9.91. The van der Waals surface area contributed by atoms with Crippen molar-refractivity contribution in [2.45, 2.75) is 113 Å². The zero-order chi connectivity index (χ0) is 58.9. The summed E-state index contributed by atoms with van der Waals surface area (Å²) >= 11 is 0. The fraction of sp³-hybridized carbons (Fsp3) is 0.350. The monoisotopic (exact) mass is 1150 g/mol. The Labute approximate surface area is 475 Å². The van der Waals surface area contributed by atoms with E-state index < -0.39 is 90.4 Å². The van der Waals surface area contributed by atoms with Crippen molar-refractivity contribution in [1.82, 2.24) is 31.1 Å². The summed E-state index contributed by atoms with van der Waals surface area (Å²) in [5, 5.41) is 11.1. The molecule has 1 unspecified atom stereocenters. The van der Waals surface area contributed by atoms with E-state index in [2.05, 4.69) is 33.1 Å². The lowest BCUT2D eigenvalue weighted by Crippen LogP contribution is -2.58. The molecule has 23 heteroatoms. The van der Waals surface area contributed by atoms with Gasteiger partial charge in [-0.15, -0.1) is 0 Å². The Balaban J connectivity index is 0.791. The van der Waals surface area contributed by atoms with Crippen molar-refractivity contribution >= 4 is 77.2 Å². The predicted octanol–water partition coefficient (Wildman–Crippen LogP) is 4.51. The first-order valence-corrected chi connectivity index (χ1v) is 29.0. The molecule has 8 N–H and O–H groups in total. The molecule has 83 heavy (non-hydrogen) atoms. The van der Waals surface area contributed by atoms with Gasteiger partial charge in [0.05, 0.1) is 5.69 Å². The molecule has 20 nitrogen and oxygen atoms in total. The van der Waals surface area contributed by atoms with Crippen molar-refractivity contribution in [3.63, 3.8) is 0 Å². The van der Waals surface area contributed by atoms with E-state index in [0.29, 0.717) is 77.7 Å². The number of imide groups is 1. The summed E-state index contributed by atoms with van der Waals surface area (Å²) in [5.74, 6) is 1.45. The Morgan fingerprint density at radius 2 is 1.57 bits per heavy atom. The zero-order valence-corrected chi connectivity index (χ0v) is 45.7. The van der Waals surface area contributed by atoms with Crippen LogP contribution in [0.5, 0.6) is 0 Å². The highest BCUT2D eigenvalue weighted by Gasteiger charge is 2.51. The largest absolute Gasteiger partial charge is 0.399 e. The molecule has 0 radical (unpaired) electrons. The number of nitrogens with two attached hydrogens (primary N) is 1. The standard InChI is InChI=1S/C60H59F2N8O12P/c61-60(62,83(80,81)82)42-20-18-35-16-17-40(30-41(35)31-42)53(73)65-46-21-19-38-13-6-14-39-32-48(70(52(38)39)58(46)78)56(76)64-45(22-24-49(63)71)54(74)67-51(37-10-2-1-3-11-37)59(79)68-28-26-34(27-29-68)8-4-5-9-36-12-7-15-43-44(36)33-69(57(43)77)47-23-25-50(72)66-55(47)75/h1-3,6-7,10-18,20,30-31,34,45-48,51H,4,8,19,21-29,32-33H2,(H2,63,71)(H,64,76)(H,65,73)(H,67,74)(H,66,72,75)(H2,80,81,82)/t45-,46-,47?,48-,51-/m0/s1. The van der Waals surface area contributed by atoms with Crippen molar-refractivity contribution in [2.75, 3.05) is 18.0 Å². The number of alkyl halides is 2. The number of rotatable bonds is 16. The van der Waals surface area contributed by atoms with Gasteiger partial charge in [0.1, 0.15) is 30.2 Å². The first kappa shape index (κ1) is 57.6. The van der Waals surface area contributed by atoms with Crippen LogP contribution in [0.4, 0.5) is 14.5 Å². The molecular formula is C60H59F2N8O12P. The number of carbonyl (C=O) groups excluding carboxylic acids is 9. The van der Waals surface area contributed by atoms with Gasteiger partial charge in [-0.1, -0.05) is 84.6 Å². The number of fused-ring (bicyclic) bond motifs is 2. The fourth-order valence-corrected chi connectivity index (χ4v) is 12.2. The number of likely N-dealkylation sites (tertiary alicyclic amines) is 1. The molecule has 430 valence electrons. The number of aryl methyl sites for hydroxylation is 1. The Hall–Kier alpha value is -8.64. The molecule has 10 rings (SSSR count). The maximum atomic E-state index is 14.7. The van der Waals surface area contributed by atoms with E-state index in [1.165, 1.54) is 34.1 Å². The van der Waals surface area contributed by atoms with Crippen molar-refractivity contribution in [3.05, 3.63) is 148 Å². The second-order valence-electron chi connectivity index (χ2n) is 21.5. The normalized spacial score (nSPS) is 19.6. The molecule has 5 aliphatic heterocycles. The van der Waals surface area contributed by atoms with Gasteiger partial charge >= 0.3 is 13.3 Å². The molecule has 0 saturated carbocycles. The summed E-state index contributed by atoms with van der Waals surface area (Å²) in [6.07, 6.45) is 2.83. The van der Waals surface area contributed by atoms with Crippen LogP contribution in [0.25, 0.3) is 10.8 Å². The Bertz CT molecular complexity index is 3610. The molecule has 5 aromatic carbocycles. The molecule has 2 fully saturated rings. The minimum absolute atomic E-state index is 0.0233. The minimum atomic E-state index is -5.89. The summed E-state index contributed by atoms with van der Waals surface area (Å²) in [6, 6.07) is 20.5. The highest BCUT2D eigenvalue weighted by atomic mass is 31.2. The number of piperidine rings is 2. The number of halogens is 2. The quantitative estimate of drug-likeness (QED) is 0.0408. The van der Waals surface area contributed by atoms with Gasteiger partial charge in [0.25, 0.3) is 11.8 Å². The molecule has 5 atom stereocenters. The zero-order valence-electron chi connectivity index (χ0n) is 44.8. The molecular weight excluding hydrogens is 1090 g/mol. The fourth-order valence-electron chi connectivity index (χ4n) is 11.7. The van der Waals surface area contributed by atoms with Gasteiger partial charge in [-0.3, -0.25) is 57.9 Å². The van der Waals surface area contributed by atoms with Crippen LogP contribution >= 0.6 is 7.60 Å². The topological polar surface area (TPSA) is 295 Å². The lowest BCUT2D eigenvalue weighted by molar-refractivity contribution is -0.139. The smallest absolute Gasteiger partial charge is 0.370 e. The van der Waals surface area contributed by atoms with Crippen molar-refractivity contribution < 1.29 is 66.3 Å². The SMILES string of the molecule is NC(=O)CC[C@H](NC(=O)[C@@H]1Cc2cccc3c2N1C(=O)[C@@H](NC(=O)c1ccc2ccc(C(F)(F)P(=O)(O)O)cc2c1)CC3)C(=O)N[C@H](C(=O)N1CCC(CCC#Cc2cccc3c2CN(C2CCC(=O)NC2=O)C3=O)CC1)c1ccccc1. The Morgan fingerprint density at radius 3 is 2.30 bits per heavy atom. The predicted molar refractivity (Wildman–Crippen MR) is 296 cm³/mol. The Kier molecular flexibility index (Phi) is 16.4. The van der Waals surface area contributed by atoms with Crippen LogP contribution in [0, 0.1) is 17.8 Å². The number of anilines is 1.